The van der Waals surface area contributed by atoms with E-state index in [1.807, 2.05) is 13.0 Å². The number of halogens is 1. The summed E-state index contributed by atoms with van der Waals surface area (Å²) in [6.45, 7) is 6.91. The molecule has 3 N–H and O–H groups in total. The number of carbonyl (C=O) groups is 1. The van der Waals surface area contributed by atoms with Gasteiger partial charge in [0.25, 0.3) is 0 Å². The minimum atomic E-state index is -1.56. The molecule has 0 aliphatic carbocycles. The molecule has 0 radical (unpaired) electrons. The van der Waals surface area contributed by atoms with Crippen molar-refractivity contribution < 1.29 is 23.8 Å². The molecule has 31 heavy (non-hydrogen) atoms. The predicted octanol–water partition coefficient (Wildman–Crippen LogP) is 3.64. The number of nitrogens with zero attached hydrogens (tertiary/aromatic N) is 1. The molecular weight excluding hydrogens is 419 g/mol. The van der Waals surface area contributed by atoms with E-state index in [0.717, 1.165) is 24.3 Å². The minimum Gasteiger partial charge on any atom is -0.507 e. The van der Waals surface area contributed by atoms with Crippen LogP contribution in [0.5, 0.6) is 5.75 Å². The van der Waals surface area contributed by atoms with Crippen molar-refractivity contribution in [3.63, 3.8) is 0 Å². The second-order valence-corrected chi connectivity index (χ2v) is 8.78. The first-order valence-electron chi connectivity index (χ1n) is 10.2. The quantitative estimate of drug-likeness (QED) is 0.341. The second kappa shape index (κ2) is 9.06. The standard InChI is InChI=1S/C23H29FN2O4S/c1-5-30-20(28)10-23(25,31)18-8-15(6-14(3)22(18)24)21-13(2)7-16(9-19(21)27)26-11-17(12-26)29-4/h6-9,17,27,31H,5,10-12,25H2,1-4H3/t23-/m0/s1. The molecular formula is C23H29FN2O4S. The highest BCUT2D eigenvalue weighted by Crippen LogP contribution is 2.41. The number of hydrogen-bond acceptors (Lipinski definition) is 7. The van der Waals surface area contributed by atoms with Gasteiger partial charge in [0.15, 0.2) is 0 Å². The Bertz CT molecular complexity index is 967. The molecule has 1 saturated heterocycles. The van der Waals surface area contributed by atoms with E-state index in [-0.39, 0.29) is 30.4 Å². The Kier molecular flexibility index (Phi) is 6.83. The molecule has 168 valence electrons. The first-order chi connectivity index (χ1) is 14.6. The average Bonchev–Trinajstić information content (AvgIpc) is 2.62. The summed E-state index contributed by atoms with van der Waals surface area (Å²) in [7, 11) is 1.68. The number of esters is 1. The Labute approximate surface area is 187 Å². The largest absolute Gasteiger partial charge is 0.507 e. The van der Waals surface area contributed by atoms with Gasteiger partial charge in [0.05, 0.1) is 24.0 Å². The maximum Gasteiger partial charge on any atom is 0.308 e. The van der Waals surface area contributed by atoms with E-state index in [0.29, 0.717) is 16.7 Å². The number of aromatic hydroxyl groups is 1. The SMILES string of the molecule is CCOC(=O)C[C@](N)(S)c1cc(-c2c(C)cc(N3CC(OC)C3)cc2O)cc(C)c1F. The van der Waals surface area contributed by atoms with E-state index in [1.54, 1.807) is 39.2 Å². The van der Waals surface area contributed by atoms with Gasteiger partial charge in [-0.05, 0) is 55.7 Å². The zero-order valence-electron chi connectivity index (χ0n) is 18.2. The molecule has 0 bridgehead atoms. The van der Waals surface area contributed by atoms with Crippen LogP contribution in [0.4, 0.5) is 10.1 Å². The zero-order valence-corrected chi connectivity index (χ0v) is 19.1. The normalized spacial score (nSPS) is 16.0. The summed E-state index contributed by atoms with van der Waals surface area (Å²) in [6, 6.07) is 6.87. The van der Waals surface area contributed by atoms with Crippen molar-refractivity contribution in [2.45, 2.75) is 38.2 Å². The smallest absolute Gasteiger partial charge is 0.308 e. The van der Waals surface area contributed by atoms with Crippen molar-refractivity contribution in [1.82, 2.24) is 0 Å². The van der Waals surface area contributed by atoms with Crippen molar-refractivity contribution in [2.75, 3.05) is 31.7 Å². The topological polar surface area (TPSA) is 85.0 Å². The van der Waals surface area contributed by atoms with E-state index < -0.39 is 16.7 Å². The molecule has 3 rings (SSSR count). The first kappa shape index (κ1) is 23.4. The van der Waals surface area contributed by atoms with E-state index in [4.69, 9.17) is 15.2 Å². The summed E-state index contributed by atoms with van der Waals surface area (Å²) in [5.74, 6) is -1.01. The van der Waals surface area contributed by atoms with Gasteiger partial charge in [-0.3, -0.25) is 4.79 Å². The molecule has 0 saturated carbocycles. The number of aryl methyl sites for hydroxylation is 2. The number of ether oxygens (including phenoxy) is 2. The van der Waals surface area contributed by atoms with Crippen LogP contribution in [0, 0.1) is 19.7 Å². The van der Waals surface area contributed by atoms with E-state index in [9.17, 15) is 14.3 Å². The number of benzene rings is 2. The number of phenols is 1. The Balaban J connectivity index is 1.99. The van der Waals surface area contributed by atoms with Crippen LogP contribution in [-0.2, 0) is 19.1 Å². The number of hydrogen-bond donors (Lipinski definition) is 3. The fraction of sp³-hybridized carbons (Fsp3) is 0.435. The van der Waals surface area contributed by atoms with Crippen LogP contribution < -0.4 is 10.6 Å². The highest BCUT2D eigenvalue weighted by atomic mass is 32.1. The summed E-state index contributed by atoms with van der Waals surface area (Å²) in [6.07, 6.45) is -0.0968. The predicted molar refractivity (Wildman–Crippen MR) is 122 cm³/mol. The second-order valence-electron chi connectivity index (χ2n) is 7.98. The number of anilines is 1. The molecule has 1 fully saturated rings. The summed E-state index contributed by atoms with van der Waals surface area (Å²) < 4.78 is 25.2. The Morgan fingerprint density at radius 3 is 2.55 bits per heavy atom. The molecule has 1 aliphatic rings. The minimum absolute atomic E-state index is 0.0763. The van der Waals surface area contributed by atoms with Gasteiger partial charge in [-0.15, -0.1) is 0 Å². The van der Waals surface area contributed by atoms with Gasteiger partial charge in [0, 0.05) is 43.1 Å². The van der Waals surface area contributed by atoms with Crippen LogP contribution in [0.3, 0.4) is 0 Å². The third-order valence-electron chi connectivity index (χ3n) is 5.57. The lowest BCUT2D eigenvalue weighted by Crippen LogP contribution is -2.51. The van der Waals surface area contributed by atoms with Crippen molar-refractivity contribution in [2.24, 2.45) is 5.73 Å². The lowest BCUT2D eigenvalue weighted by atomic mass is 9.91. The molecule has 0 spiro atoms. The van der Waals surface area contributed by atoms with Crippen LogP contribution in [0.2, 0.25) is 0 Å². The first-order valence-corrected chi connectivity index (χ1v) is 10.6. The number of rotatable bonds is 7. The molecule has 1 atom stereocenters. The van der Waals surface area contributed by atoms with Gasteiger partial charge in [-0.1, -0.05) is 0 Å². The van der Waals surface area contributed by atoms with Crippen LogP contribution in [0.15, 0.2) is 24.3 Å². The summed E-state index contributed by atoms with van der Waals surface area (Å²) in [4.78, 5) is 12.5. The molecule has 0 unspecified atom stereocenters. The number of methoxy groups -OCH3 is 1. The number of nitrogens with two attached hydrogens (primary N) is 1. The van der Waals surface area contributed by atoms with Gasteiger partial charge in [-0.25, -0.2) is 4.39 Å². The van der Waals surface area contributed by atoms with Gasteiger partial charge in [0.1, 0.15) is 11.6 Å². The molecule has 6 nitrogen and oxygen atoms in total. The van der Waals surface area contributed by atoms with E-state index in [1.165, 1.54) is 0 Å². The van der Waals surface area contributed by atoms with Crippen molar-refractivity contribution in [1.29, 1.82) is 0 Å². The molecule has 0 aromatic heterocycles. The third kappa shape index (κ3) is 4.81. The highest BCUT2D eigenvalue weighted by Gasteiger charge is 2.32. The lowest BCUT2D eigenvalue weighted by molar-refractivity contribution is -0.143. The number of thiol groups is 1. The molecule has 1 aliphatic heterocycles. The van der Waals surface area contributed by atoms with Crippen molar-refractivity contribution >= 4 is 24.3 Å². The van der Waals surface area contributed by atoms with Gasteiger partial charge in [0.2, 0.25) is 0 Å². The van der Waals surface area contributed by atoms with E-state index in [2.05, 4.69) is 17.5 Å². The third-order valence-corrected chi connectivity index (χ3v) is 5.97. The molecule has 2 aromatic carbocycles. The maximum absolute atomic E-state index is 15.0. The monoisotopic (exact) mass is 448 g/mol. The number of phenolic OH excluding ortho intramolecular Hbond substituents is 1. The van der Waals surface area contributed by atoms with Crippen LogP contribution in [0.1, 0.15) is 30.0 Å². The summed E-state index contributed by atoms with van der Waals surface area (Å²) in [5, 5.41) is 10.8. The molecule has 2 aromatic rings. The summed E-state index contributed by atoms with van der Waals surface area (Å²) >= 11 is 4.37. The molecule has 1 heterocycles. The maximum atomic E-state index is 15.0. The summed E-state index contributed by atoms with van der Waals surface area (Å²) in [5.41, 5.74) is 9.55. The highest BCUT2D eigenvalue weighted by molar-refractivity contribution is 7.81. The van der Waals surface area contributed by atoms with E-state index >= 15 is 0 Å². The van der Waals surface area contributed by atoms with Crippen LogP contribution in [-0.4, -0.2) is 44.0 Å². The number of carbonyl (C=O) groups excluding carboxylic acids is 1. The fourth-order valence-corrected chi connectivity index (χ4v) is 4.15. The van der Waals surface area contributed by atoms with Gasteiger partial charge in [-0.2, -0.15) is 12.6 Å². The lowest BCUT2D eigenvalue weighted by Gasteiger charge is -2.40. The molecule has 8 heteroatoms. The van der Waals surface area contributed by atoms with Crippen molar-refractivity contribution in [3.8, 4) is 16.9 Å². The average molecular weight is 449 g/mol. The zero-order chi connectivity index (χ0) is 22.9. The van der Waals surface area contributed by atoms with Crippen molar-refractivity contribution in [3.05, 3.63) is 46.8 Å². The van der Waals surface area contributed by atoms with Gasteiger partial charge < -0.3 is 25.2 Å². The van der Waals surface area contributed by atoms with Crippen LogP contribution in [0.25, 0.3) is 11.1 Å². The molecule has 0 amide bonds. The Morgan fingerprint density at radius 1 is 1.29 bits per heavy atom. The Morgan fingerprint density at radius 2 is 1.97 bits per heavy atom. The van der Waals surface area contributed by atoms with Crippen LogP contribution >= 0.6 is 12.6 Å². The van der Waals surface area contributed by atoms with Gasteiger partial charge >= 0.3 is 5.97 Å². The fourth-order valence-electron chi connectivity index (χ4n) is 3.86. The Hall–Kier alpha value is -2.29.